The van der Waals surface area contributed by atoms with E-state index in [0.717, 1.165) is 31.5 Å². The van der Waals surface area contributed by atoms with Gasteiger partial charge in [0, 0.05) is 29.2 Å². The molecular formula is C20H19ClFNO3. The third-order valence-corrected chi connectivity index (χ3v) is 4.73. The lowest BCUT2D eigenvalue weighted by Crippen LogP contribution is -2.27. The minimum absolute atomic E-state index is 0.0280. The van der Waals surface area contributed by atoms with Crippen LogP contribution in [0.5, 0.6) is 0 Å². The van der Waals surface area contributed by atoms with E-state index in [1.165, 1.54) is 18.2 Å². The third-order valence-electron chi connectivity index (χ3n) is 4.38. The quantitative estimate of drug-likeness (QED) is 0.742. The second-order valence-corrected chi connectivity index (χ2v) is 6.64. The lowest BCUT2D eigenvalue weighted by atomic mass is 10.1. The molecule has 136 valence electrons. The van der Waals surface area contributed by atoms with Gasteiger partial charge in [-0.15, -0.1) is 0 Å². The second-order valence-electron chi connectivity index (χ2n) is 6.23. The topological polar surface area (TPSA) is 46.6 Å². The molecule has 2 aromatic carbocycles. The molecule has 0 unspecified atom stereocenters. The van der Waals surface area contributed by atoms with Gasteiger partial charge in [-0.3, -0.25) is 9.59 Å². The van der Waals surface area contributed by atoms with E-state index in [4.69, 9.17) is 16.3 Å². The Balaban J connectivity index is 1.54. The van der Waals surface area contributed by atoms with Crippen LogP contribution in [-0.4, -0.2) is 29.9 Å². The largest absolute Gasteiger partial charge is 0.461 e. The van der Waals surface area contributed by atoms with Gasteiger partial charge in [-0.1, -0.05) is 29.8 Å². The molecule has 0 atom stereocenters. The van der Waals surface area contributed by atoms with Crippen LogP contribution in [0.25, 0.3) is 0 Å². The standard InChI is InChI=1S/C20H19ClFNO3/c21-17-4-3-5-18(22)16(17)12-19(24)26-13-14-6-8-15(9-7-14)20(25)23-10-1-2-11-23/h3-9H,1-2,10-13H2. The number of carbonyl (C=O) groups is 2. The molecule has 4 nitrogen and oxygen atoms in total. The number of hydrogen-bond acceptors (Lipinski definition) is 3. The Bertz CT molecular complexity index is 781. The van der Waals surface area contributed by atoms with Crippen molar-refractivity contribution in [3.8, 4) is 0 Å². The Kier molecular flexibility index (Phi) is 5.89. The minimum atomic E-state index is -0.561. The molecule has 0 bridgehead atoms. The van der Waals surface area contributed by atoms with Gasteiger partial charge in [-0.05, 0) is 42.7 Å². The summed E-state index contributed by atoms with van der Waals surface area (Å²) in [6.07, 6.45) is 1.87. The van der Waals surface area contributed by atoms with Gasteiger partial charge in [0.05, 0.1) is 6.42 Å². The molecule has 0 aliphatic carbocycles. The van der Waals surface area contributed by atoms with Crippen LogP contribution in [0.4, 0.5) is 4.39 Å². The molecule has 1 aliphatic heterocycles. The maximum Gasteiger partial charge on any atom is 0.310 e. The van der Waals surface area contributed by atoms with E-state index >= 15 is 0 Å². The first-order valence-electron chi connectivity index (χ1n) is 8.51. The molecule has 0 N–H and O–H groups in total. The monoisotopic (exact) mass is 375 g/mol. The van der Waals surface area contributed by atoms with Crippen molar-refractivity contribution < 1.29 is 18.7 Å². The summed E-state index contributed by atoms with van der Waals surface area (Å²) in [5, 5.41) is 0.201. The summed E-state index contributed by atoms with van der Waals surface area (Å²) in [6, 6.07) is 11.2. The molecular weight excluding hydrogens is 357 g/mol. The van der Waals surface area contributed by atoms with E-state index in [1.54, 1.807) is 24.3 Å². The van der Waals surface area contributed by atoms with Crippen LogP contribution in [0.3, 0.4) is 0 Å². The van der Waals surface area contributed by atoms with Gasteiger partial charge in [0.15, 0.2) is 0 Å². The Morgan fingerprint density at radius 3 is 2.42 bits per heavy atom. The lowest BCUT2D eigenvalue weighted by Gasteiger charge is -2.15. The summed E-state index contributed by atoms with van der Waals surface area (Å²) in [5.41, 5.74) is 1.52. The molecule has 0 spiro atoms. The van der Waals surface area contributed by atoms with E-state index in [2.05, 4.69) is 0 Å². The second kappa shape index (κ2) is 8.32. The smallest absolute Gasteiger partial charge is 0.310 e. The average molecular weight is 376 g/mol. The van der Waals surface area contributed by atoms with Gasteiger partial charge in [-0.2, -0.15) is 0 Å². The summed E-state index contributed by atoms with van der Waals surface area (Å²) in [4.78, 5) is 26.1. The summed E-state index contributed by atoms with van der Waals surface area (Å²) in [7, 11) is 0. The molecule has 1 amide bonds. The van der Waals surface area contributed by atoms with Gasteiger partial charge in [-0.25, -0.2) is 4.39 Å². The zero-order valence-corrected chi connectivity index (χ0v) is 15.0. The van der Waals surface area contributed by atoms with Crippen molar-refractivity contribution in [2.45, 2.75) is 25.9 Å². The van der Waals surface area contributed by atoms with Crippen molar-refractivity contribution in [1.82, 2.24) is 4.90 Å². The molecule has 6 heteroatoms. The van der Waals surface area contributed by atoms with E-state index in [1.807, 2.05) is 4.90 Å². The summed E-state index contributed by atoms with van der Waals surface area (Å²) in [5.74, 6) is -1.06. The molecule has 0 saturated carbocycles. The predicted octanol–water partition coefficient (Wildman–Crippen LogP) is 4.00. The van der Waals surface area contributed by atoms with Crippen molar-refractivity contribution in [3.63, 3.8) is 0 Å². The van der Waals surface area contributed by atoms with E-state index < -0.39 is 11.8 Å². The molecule has 26 heavy (non-hydrogen) atoms. The van der Waals surface area contributed by atoms with Crippen LogP contribution in [0.15, 0.2) is 42.5 Å². The maximum atomic E-state index is 13.7. The normalized spacial score (nSPS) is 13.7. The highest BCUT2D eigenvalue weighted by molar-refractivity contribution is 6.31. The molecule has 1 fully saturated rings. The highest BCUT2D eigenvalue weighted by Gasteiger charge is 2.19. The Morgan fingerprint density at radius 1 is 1.08 bits per heavy atom. The zero-order chi connectivity index (χ0) is 18.5. The Hall–Kier alpha value is -2.40. The van der Waals surface area contributed by atoms with Crippen LogP contribution in [0.2, 0.25) is 5.02 Å². The van der Waals surface area contributed by atoms with Crippen molar-refractivity contribution in [1.29, 1.82) is 0 Å². The third kappa shape index (κ3) is 4.41. The van der Waals surface area contributed by atoms with Gasteiger partial charge < -0.3 is 9.64 Å². The number of carbonyl (C=O) groups excluding carboxylic acids is 2. The fraction of sp³-hybridized carbons (Fsp3) is 0.300. The zero-order valence-electron chi connectivity index (χ0n) is 14.2. The van der Waals surface area contributed by atoms with E-state index in [-0.39, 0.29) is 29.5 Å². The van der Waals surface area contributed by atoms with Crippen LogP contribution in [-0.2, 0) is 22.6 Å². The Labute approximate surface area is 156 Å². The molecule has 0 aromatic heterocycles. The molecule has 3 rings (SSSR count). The molecule has 1 heterocycles. The first-order valence-corrected chi connectivity index (χ1v) is 8.89. The first kappa shape index (κ1) is 18.4. The molecule has 1 aliphatic rings. The predicted molar refractivity (Wildman–Crippen MR) is 96.5 cm³/mol. The van der Waals surface area contributed by atoms with Crippen LogP contribution in [0.1, 0.15) is 34.3 Å². The first-order chi connectivity index (χ1) is 12.5. The van der Waals surface area contributed by atoms with Crippen molar-refractivity contribution in [3.05, 3.63) is 70.0 Å². The minimum Gasteiger partial charge on any atom is -0.461 e. The maximum absolute atomic E-state index is 13.7. The number of esters is 1. The number of halogens is 2. The van der Waals surface area contributed by atoms with Crippen LogP contribution < -0.4 is 0 Å². The van der Waals surface area contributed by atoms with Crippen molar-refractivity contribution >= 4 is 23.5 Å². The molecule has 2 aromatic rings. The summed E-state index contributed by atoms with van der Waals surface area (Å²) >= 11 is 5.91. The van der Waals surface area contributed by atoms with Gasteiger partial charge in [0.25, 0.3) is 5.91 Å². The fourth-order valence-electron chi connectivity index (χ4n) is 2.91. The van der Waals surface area contributed by atoms with Crippen molar-refractivity contribution in [2.24, 2.45) is 0 Å². The highest BCUT2D eigenvalue weighted by Crippen LogP contribution is 2.20. The van der Waals surface area contributed by atoms with Crippen LogP contribution in [0, 0.1) is 5.82 Å². The Morgan fingerprint density at radius 2 is 1.77 bits per heavy atom. The number of likely N-dealkylation sites (tertiary alicyclic amines) is 1. The van der Waals surface area contributed by atoms with E-state index in [9.17, 15) is 14.0 Å². The number of benzene rings is 2. The van der Waals surface area contributed by atoms with Crippen LogP contribution >= 0.6 is 11.6 Å². The van der Waals surface area contributed by atoms with Gasteiger partial charge >= 0.3 is 5.97 Å². The SMILES string of the molecule is O=C(Cc1c(F)cccc1Cl)OCc1ccc(C(=O)N2CCCC2)cc1. The number of rotatable bonds is 5. The number of ether oxygens (including phenoxy) is 1. The highest BCUT2D eigenvalue weighted by atomic mass is 35.5. The summed E-state index contributed by atoms with van der Waals surface area (Å²) in [6.45, 7) is 1.66. The van der Waals surface area contributed by atoms with Gasteiger partial charge in [0.1, 0.15) is 12.4 Å². The van der Waals surface area contributed by atoms with Crippen molar-refractivity contribution in [2.75, 3.05) is 13.1 Å². The molecule has 0 radical (unpaired) electrons. The molecule has 1 saturated heterocycles. The lowest BCUT2D eigenvalue weighted by molar-refractivity contribution is -0.144. The average Bonchev–Trinajstić information content (AvgIpc) is 3.18. The fourth-order valence-corrected chi connectivity index (χ4v) is 3.14. The number of amides is 1. The van der Waals surface area contributed by atoms with E-state index in [0.29, 0.717) is 5.56 Å². The number of nitrogens with zero attached hydrogens (tertiary/aromatic N) is 1. The van der Waals surface area contributed by atoms with Gasteiger partial charge in [0.2, 0.25) is 0 Å². The number of hydrogen-bond donors (Lipinski definition) is 0. The summed E-state index contributed by atoms with van der Waals surface area (Å²) < 4.78 is 18.9.